The van der Waals surface area contributed by atoms with Crippen LogP contribution < -0.4 is 4.74 Å². The fourth-order valence-corrected chi connectivity index (χ4v) is 5.06. The van der Waals surface area contributed by atoms with Crippen LogP contribution in [0, 0.1) is 22.5 Å². The highest BCUT2D eigenvalue weighted by molar-refractivity contribution is 9.10. The summed E-state index contributed by atoms with van der Waals surface area (Å²) in [7, 11) is -3.47. The highest BCUT2D eigenvalue weighted by atomic mass is 79.9. The Morgan fingerprint density at radius 1 is 0.844 bits per heavy atom. The molecule has 45 heavy (non-hydrogen) atoms. The van der Waals surface area contributed by atoms with Crippen LogP contribution in [0.5, 0.6) is 11.5 Å². The zero-order valence-corrected chi connectivity index (χ0v) is 28.6. The molecule has 248 valence electrons. The number of ether oxygens (including phenoxy) is 3. The maximum absolute atomic E-state index is 13.2. The van der Waals surface area contributed by atoms with Gasteiger partial charge in [-0.2, -0.15) is 8.42 Å². The molecule has 2 aliphatic carbocycles. The third kappa shape index (κ3) is 11.4. The molecule has 2 aliphatic rings. The third-order valence-electron chi connectivity index (χ3n) is 6.51. The zero-order chi connectivity index (χ0) is 34.0. The van der Waals surface area contributed by atoms with Crippen molar-refractivity contribution in [2.75, 3.05) is 32.7 Å². The number of phenolic OH excluding ortho intramolecular Hbond substituents is 1. The molecule has 0 amide bonds. The van der Waals surface area contributed by atoms with Crippen molar-refractivity contribution in [1.82, 2.24) is 0 Å². The quantitative estimate of drug-likeness (QED) is 0.164. The van der Waals surface area contributed by atoms with Crippen molar-refractivity contribution in [1.29, 1.82) is 0 Å². The molecule has 0 unspecified atom stereocenters. The number of carbonyl (C=O) groups excluding carboxylic acids is 4. The number of aldehydes is 2. The maximum atomic E-state index is 13.2. The fraction of sp³-hybridized carbons (Fsp3) is 0.448. The van der Waals surface area contributed by atoms with Crippen molar-refractivity contribution in [2.45, 2.75) is 39.5 Å². The lowest BCUT2D eigenvalue weighted by Crippen LogP contribution is -2.26. The summed E-state index contributed by atoms with van der Waals surface area (Å²) in [5.74, 6) is -1.72. The van der Waals surface area contributed by atoms with Crippen LogP contribution >= 0.6 is 31.9 Å². The van der Waals surface area contributed by atoms with Crippen LogP contribution in [0.4, 0.5) is 8.78 Å². The Hall–Kier alpha value is -2.95. The molecule has 4 rings (SSSR count). The average Bonchev–Trinajstić information content (AvgIpc) is 3.90. The molecule has 1 N–H and O–H groups in total. The number of hydrogen-bond acceptors (Lipinski definition) is 11. The molecule has 0 radical (unpaired) electrons. The van der Waals surface area contributed by atoms with Gasteiger partial charge in [-0.15, -0.1) is 0 Å². The molecule has 0 atom stereocenters. The van der Waals surface area contributed by atoms with E-state index < -0.39 is 32.6 Å². The number of benzene rings is 2. The van der Waals surface area contributed by atoms with E-state index >= 15 is 0 Å². The number of phenols is 1. The summed E-state index contributed by atoms with van der Waals surface area (Å²) in [6, 6.07) is 4.36. The number of halogens is 4. The van der Waals surface area contributed by atoms with Crippen molar-refractivity contribution in [3.05, 3.63) is 56.0 Å². The van der Waals surface area contributed by atoms with Gasteiger partial charge in [0.25, 0.3) is 10.1 Å². The SMILES string of the molecule is CCOC(=O)C1(COS(C)(=O)=O)CC1.CCOC(=O)C1(COc2c(Br)cc(F)cc2C=O)CC1.O=Cc1cc(F)cc(Br)c1O. The van der Waals surface area contributed by atoms with Gasteiger partial charge < -0.3 is 19.3 Å². The van der Waals surface area contributed by atoms with Crippen LogP contribution in [0.15, 0.2) is 33.2 Å². The molecule has 2 saturated carbocycles. The molecule has 2 aromatic rings. The molecule has 16 heteroatoms. The summed E-state index contributed by atoms with van der Waals surface area (Å²) in [6.07, 6.45) is 4.55. The van der Waals surface area contributed by atoms with Crippen molar-refractivity contribution in [3.63, 3.8) is 0 Å². The van der Waals surface area contributed by atoms with Crippen molar-refractivity contribution >= 4 is 66.5 Å². The molecule has 2 aromatic carbocycles. The smallest absolute Gasteiger partial charge is 0.315 e. The topological polar surface area (TPSA) is 160 Å². The lowest BCUT2D eigenvalue weighted by Gasteiger charge is -2.16. The van der Waals surface area contributed by atoms with Gasteiger partial charge in [-0.25, -0.2) is 8.78 Å². The lowest BCUT2D eigenvalue weighted by atomic mass is 10.1. The predicted molar refractivity (Wildman–Crippen MR) is 164 cm³/mol. The Balaban J connectivity index is 0.000000248. The fourth-order valence-electron chi connectivity index (χ4n) is 3.61. The molecule has 0 heterocycles. The van der Waals surface area contributed by atoms with E-state index in [1.807, 2.05) is 0 Å². The molecule has 0 saturated heterocycles. The second-order valence-corrected chi connectivity index (χ2v) is 13.5. The molecule has 0 aromatic heterocycles. The standard InChI is InChI=1S/C14H14BrFO4.C8H14O5S.C7H4BrFO2/c1-2-19-13(18)14(3-4-14)8-20-12-9(7-17)5-10(16)6-11(12)15;1-3-12-7(9)8(4-5-8)6-13-14(2,10)11;8-6-2-5(9)1-4(3-10)7(6)11/h5-7H,2-4,8H2,1H3;3-6H2,1-2H3;1-3,11H. The van der Waals surface area contributed by atoms with E-state index in [2.05, 4.69) is 36.0 Å². The van der Waals surface area contributed by atoms with E-state index in [9.17, 15) is 36.4 Å². The highest BCUT2D eigenvalue weighted by Gasteiger charge is 2.53. The highest BCUT2D eigenvalue weighted by Crippen LogP contribution is 2.48. The van der Waals surface area contributed by atoms with Gasteiger partial charge in [0.2, 0.25) is 0 Å². The van der Waals surface area contributed by atoms with Crippen LogP contribution in [-0.4, -0.2) is 70.7 Å². The number of rotatable bonds is 12. The number of hydrogen-bond donors (Lipinski definition) is 1. The first kappa shape index (κ1) is 38.2. The largest absolute Gasteiger partial charge is 0.506 e. The van der Waals surface area contributed by atoms with Crippen molar-refractivity contribution < 1.29 is 59.9 Å². The van der Waals surface area contributed by atoms with Gasteiger partial charge in [0, 0.05) is 0 Å². The van der Waals surface area contributed by atoms with E-state index in [1.165, 1.54) is 6.07 Å². The second-order valence-electron chi connectivity index (χ2n) is 10.1. The molecule has 0 bridgehead atoms. The third-order valence-corrected chi connectivity index (χ3v) is 8.25. The minimum atomic E-state index is -3.47. The average molecular weight is 786 g/mol. The Kier molecular flexibility index (Phi) is 14.1. The molecular formula is C29H32Br2F2O11S. The molecule has 0 spiro atoms. The van der Waals surface area contributed by atoms with Crippen molar-refractivity contribution in [2.24, 2.45) is 10.8 Å². The van der Waals surface area contributed by atoms with Gasteiger partial charge in [0.1, 0.15) is 35.2 Å². The summed E-state index contributed by atoms with van der Waals surface area (Å²) in [4.78, 5) is 44.3. The normalized spacial score (nSPS) is 15.2. The molecule has 11 nitrogen and oxygen atoms in total. The van der Waals surface area contributed by atoms with Gasteiger partial charge >= 0.3 is 11.9 Å². The number of esters is 2. The van der Waals surface area contributed by atoms with E-state index in [-0.39, 0.29) is 52.3 Å². The first-order valence-electron chi connectivity index (χ1n) is 13.5. The summed E-state index contributed by atoms with van der Waals surface area (Å²) >= 11 is 6.04. The van der Waals surface area contributed by atoms with Crippen LogP contribution in [0.3, 0.4) is 0 Å². The van der Waals surface area contributed by atoms with Crippen LogP contribution in [-0.2, 0) is 33.4 Å². The van der Waals surface area contributed by atoms with E-state index in [1.54, 1.807) is 13.8 Å². The second kappa shape index (κ2) is 16.6. The lowest BCUT2D eigenvalue weighted by molar-refractivity contribution is -0.151. The summed E-state index contributed by atoms with van der Waals surface area (Å²) in [6.45, 7) is 4.11. The summed E-state index contributed by atoms with van der Waals surface area (Å²) < 4.78 is 67.6. The monoisotopic (exact) mass is 784 g/mol. The number of carbonyl (C=O) groups is 4. The first-order valence-corrected chi connectivity index (χ1v) is 16.9. The van der Waals surface area contributed by atoms with E-state index in [0.717, 1.165) is 24.5 Å². The van der Waals surface area contributed by atoms with E-state index in [0.29, 0.717) is 55.9 Å². The number of aromatic hydroxyl groups is 1. The summed E-state index contributed by atoms with van der Waals surface area (Å²) in [5.41, 5.74) is -1.27. The van der Waals surface area contributed by atoms with Gasteiger partial charge in [0.05, 0.1) is 51.6 Å². The minimum absolute atomic E-state index is 0.0584. The Labute approximate surface area is 275 Å². The predicted octanol–water partition coefficient (Wildman–Crippen LogP) is 5.54. The zero-order valence-electron chi connectivity index (χ0n) is 24.6. The van der Waals surface area contributed by atoms with Crippen LogP contribution in [0.25, 0.3) is 0 Å². The molecule has 0 aliphatic heterocycles. The Morgan fingerprint density at radius 2 is 1.29 bits per heavy atom. The summed E-state index contributed by atoms with van der Waals surface area (Å²) in [5, 5.41) is 9.08. The van der Waals surface area contributed by atoms with Gasteiger partial charge in [-0.05, 0) is 95.7 Å². The first-order chi connectivity index (χ1) is 21.1. The van der Waals surface area contributed by atoms with Crippen LogP contribution in [0.2, 0.25) is 0 Å². The molecular weight excluding hydrogens is 754 g/mol. The van der Waals surface area contributed by atoms with Crippen molar-refractivity contribution in [3.8, 4) is 11.5 Å². The van der Waals surface area contributed by atoms with Gasteiger partial charge in [-0.1, -0.05) is 0 Å². The van der Waals surface area contributed by atoms with Crippen LogP contribution in [0.1, 0.15) is 60.2 Å². The van der Waals surface area contributed by atoms with E-state index in [4.69, 9.17) is 19.3 Å². The van der Waals surface area contributed by atoms with Gasteiger partial charge in [-0.3, -0.25) is 23.4 Å². The Morgan fingerprint density at radius 3 is 1.71 bits per heavy atom. The maximum Gasteiger partial charge on any atom is 0.315 e. The van der Waals surface area contributed by atoms with Gasteiger partial charge in [0.15, 0.2) is 12.6 Å². The minimum Gasteiger partial charge on any atom is -0.506 e. The Bertz CT molecular complexity index is 1510. The molecule has 2 fully saturated rings.